The second-order valence-electron chi connectivity index (χ2n) is 3.60. The lowest BCUT2D eigenvalue weighted by molar-refractivity contribution is -0.121. The van der Waals surface area contributed by atoms with Crippen molar-refractivity contribution in [1.82, 2.24) is 4.98 Å². The molecule has 82 valence electrons. The number of aromatic nitrogens is 1. The molecule has 0 aliphatic carbocycles. The van der Waals surface area contributed by atoms with Crippen LogP contribution in [0.2, 0.25) is 0 Å². The van der Waals surface area contributed by atoms with Gasteiger partial charge in [-0.25, -0.2) is 0 Å². The molecule has 1 amide bonds. The Morgan fingerprint density at radius 2 is 2.27 bits per heavy atom. The van der Waals surface area contributed by atoms with Crippen LogP contribution in [0.15, 0.2) is 18.3 Å². The van der Waals surface area contributed by atoms with Crippen molar-refractivity contribution in [3.63, 3.8) is 0 Å². The smallest absolute Gasteiger partial charge is 0.250 e. The zero-order chi connectivity index (χ0) is 11.3. The maximum absolute atomic E-state index is 11.3. The molecule has 1 rings (SSSR count). The summed E-state index contributed by atoms with van der Waals surface area (Å²) in [5.41, 5.74) is 1.62. The first-order chi connectivity index (χ1) is 7.08. The van der Waals surface area contributed by atoms with Crippen molar-refractivity contribution in [3.05, 3.63) is 24.0 Å². The van der Waals surface area contributed by atoms with E-state index in [0.29, 0.717) is 5.69 Å². The molecule has 1 aromatic rings. The third-order valence-corrected chi connectivity index (χ3v) is 1.74. The molecule has 0 saturated carbocycles. The van der Waals surface area contributed by atoms with Crippen molar-refractivity contribution >= 4 is 11.6 Å². The summed E-state index contributed by atoms with van der Waals surface area (Å²) in [7, 11) is 0. The highest BCUT2D eigenvalue weighted by Crippen LogP contribution is 2.05. The monoisotopic (exact) mass is 208 g/mol. The van der Waals surface area contributed by atoms with Crippen LogP contribution in [0, 0.1) is 6.92 Å². The molecule has 4 nitrogen and oxygen atoms in total. The molecule has 0 saturated heterocycles. The second-order valence-corrected chi connectivity index (χ2v) is 3.60. The molecular formula is C11H16N2O2. The quantitative estimate of drug-likeness (QED) is 0.820. The Labute approximate surface area is 89.7 Å². The number of amides is 1. The van der Waals surface area contributed by atoms with Gasteiger partial charge in [0.2, 0.25) is 5.91 Å². The Morgan fingerprint density at radius 3 is 2.80 bits per heavy atom. The van der Waals surface area contributed by atoms with Gasteiger partial charge in [0.15, 0.2) is 0 Å². The van der Waals surface area contributed by atoms with Gasteiger partial charge in [-0.05, 0) is 32.9 Å². The Bertz CT molecular complexity index is 320. The first kappa shape index (κ1) is 11.7. The number of ether oxygens (including phenoxy) is 1. The van der Waals surface area contributed by atoms with Gasteiger partial charge in [-0.3, -0.25) is 9.78 Å². The van der Waals surface area contributed by atoms with E-state index in [1.165, 1.54) is 0 Å². The fourth-order valence-corrected chi connectivity index (χ4v) is 0.981. The largest absolute Gasteiger partial charge is 0.369 e. The lowest BCUT2D eigenvalue weighted by Gasteiger charge is -2.08. The number of nitrogens with one attached hydrogen (secondary N) is 1. The Kier molecular flexibility index (Phi) is 4.24. The zero-order valence-electron chi connectivity index (χ0n) is 9.28. The molecule has 0 bridgehead atoms. The van der Waals surface area contributed by atoms with Crippen molar-refractivity contribution in [2.24, 2.45) is 0 Å². The average Bonchev–Trinajstić information content (AvgIpc) is 2.19. The van der Waals surface area contributed by atoms with Crippen LogP contribution < -0.4 is 5.32 Å². The van der Waals surface area contributed by atoms with Gasteiger partial charge in [0.05, 0.1) is 18.0 Å². The summed E-state index contributed by atoms with van der Waals surface area (Å²) in [6, 6.07) is 3.66. The first-order valence-electron chi connectivity index (χ1n) is 4.92. The molecule has 0 aliphatic heterocycles. The average molecular weight is 208 g/mol. The number of rotatable bonds is 4. The van der Waals surface area contributed by atoms with E-state index >= 15 is 0 Å². The second kappa shape index (κ2) is 5.46. The van der Waals surface area contributed by atoms with Crippen molar-refractivity contribution in [1.29, 1.82) is 0 Å². The van der Waals surface area contributed by atoms with Gasteiger partial charge in [0.1, 0.15) is 6.61 Å². The van der Waals surface area contributed by atoms with E-state index in [2.05, 4.69) is 10.3 Å². The minimum atomic E-state index is -0.158. The first-order valence-corrected chi connectivity index (χ1v) is 4.92. The van der Waals surface area contributed by atoms with Gasteiger partial charge in [0, 0.05) is 5.69 Å². The minimum Gasteiger partial charge on any atom is -0.369 e. The SMILES string of the molecule is Cc1ccc(NC(=O)COC(C)C)cn1. The Hall–Kier alpha value is -1.42. The number of hydrogen-bond donors (Lipinski definition) is 1. The van der Waals surface area contributed by atoms with Crippen LogP contribution in [0.3, 0.4) is 0 Å². The summed E-state index contributed by atoms with van der Waals surface area (Å²) in [5.74, 6) is -0.158. The van der Waals surface area contributed by atoms with Crippen molar-refractivity contribution < 1.29 is 9.53 Å². The van der Waals surface area contributed by atoms with Crippen molar-refractivity contribution in [2.45, 2.75) is 26.9 Å². The van der Waals surface area contributed by atoms with Gasteiger partial charge in [-0.1, -0.05) is 0 Å². The van der Waals surface area contributed by atoms with E-state index in [1.54, 1.807) is 6.20 Å². The molecule has 0 radical (unpaired) electrons. The standard InChI is InChI=1S/C11H16N2O2/c1-8(2)15-7-11(14)13-10-5-4-9(3)12-6-10/h4-6,8H,7H2,1-3H3,(H,13,14). The predicted molar refractivity (Wildman–Crippen MR) is 58.7 cm³/mol. The number of anilines is 1. The van der Waals surface area contributed by atoms with E-state index in [0.717, 1.165) is 5.69 Å². The van der Waals surface area contributed by atoms with E-state index in [9.17, 15) is 4.79 Å². The summed E-state index contributed by atoms with van der Waals surface area (Å²) < 4.78 is 5.17. The van der Waals surface area contributed by atoms with Crippen LogP contribution in [0.1, 0.15) is 19.5 Å². The van der Waals surface area contributed by atoms with Crippen LogP contribution in [-0.2, 0) is 9.53 Å². The molecule has 0 aliphatic rings. The van der Waals surface area contributed by atoms with E-state index in [1.807, 2.05) is 32.9 Å². The summed E-state index contributed by atoms with van der Waals surface area (Å²) in [6.45, 7) is 5.75. The Balaban J connectivity index is 2.41. The molecule has 0 fully saturated rings. The molecule has 0 unspecified atom stereocenters. The Morgan fingerprint density at radius 1 is 1.53 bits per heavy atom. The van der Waals surface area contributed by atoms with Gasteiger partial charge >= 0.3 is 0 Å². The number of carbonyl (C=O) groups is 1. The van der Waals surface area contributed by atoms with E-state index in [4.69, 9.17) is 4.74 Å². The number of hydrogen-bond acceptors (Lipinski definition) is 3. The van der Waals surface area contributed by atoms with E-state index in [-0.39, 0.29) is 18.6 Å². The van der Waals surface area contributed by atoms with Gasteiger partial charge < -0.3 is 10.1 Å². The fourth-order valence-electron chi connectivity index (χ4n) is 0.981. The number of pyridine rings is 1. The molecule has 0 aromatic carbocycles. The summed E-state index contributed by atoms with van der Waals surface area (Å²) in [4.78, 5) is 15.4. The molecule has 1 aromatic heterocycles. The topological polar surface area (TPSA) is 51.2 Å². The number of nitrogens with zero attached hydrogens (tertiary/aromatic N) is 1. The predicted octanol–water partition coefficient (Wildman–Crippen LogP) is 1.75. The lowest BCUT2D eigenvalue weighted by atomic mass is 10.3. The van der Waals surface area contributed by atoms with Gasteiger partial charge in [-0.15, -0.1) is 0 Å². The molecule has 1 heterocycles. The maximum Gasteiger partial charge on any atom is 0.250 e. The van der Waals surface area contributed by atoms with Crippen molar-refractivity contribution in [2.75, 3.05) is 11.9 Å². The highest BCUT2D eigenvalue weighted by molar-refractivity contribution is 5.91. The highest BCUT2D eigenvalue weighted by Gasteiger charge is 2.03. The van der Waals surface area contributed by atoms with Crippen LogP contribution >= 0.6 is 0 Å². The lowest BCUT2D eigenvalue weighted by Crippen LogP contribution is -2.20. The van der Waals surface area contributed by atoms with Crippen molar-refractivity contribution in [3.8, 4) is 0 Å². The molecule has 0 atom stereocenters. The zero-order valence-corrected chi connectivity index (χ0v) is 9.28. The molecular weight excluding hydrogens is 192 g/mol. The summed E-state index contributed by atoms with van der Waals surface area (Å²) in [6.07, 6.45) is 1.69. The van der Waals surface area contributed by atoms with Crippen LogP contribution in [-0.4, -0.2) is 23.6 Å². The summed E-state index contributed by atoms with van der Waals surface area (Å²) >= 11 is 0. The molecule has 4 heteroatoms. The number of aryl methyl sites for hydroxylation is 1. The maximum atomic E-state index is 11.3. The van der Waals surface area contributed by atoms with Crippen LogP contribution in [0.25, 0.3) is 0 Å². The minimum absolute atomic E-state index is 0.0619. The van der Waals surface area contributed by atoms with Crippen LogP contribution in [0.5, 0.6) is 0 Å². The molecule has 0 spiro atoms. The third kappa shape index (κ3) is 4.56. The number of carbonyl (C=O) groups excluding carboxylic acids is 1. The summed E-state index contributed by atoms with van der Waals surface area (Å²) in [5, 5.41) is 2.70. The normalized spacial score (nSPS) is 10.4. The van der Waals surface area contributed by atoms with E-state index < -0.39 is 0 Å². The third-order valence-electron chi connectivity index (χ3n) is 1.74. The van der Waals surface area contributed by atoms with Gasteiger partial charge in [-0.2, -0.15) is 0 Å². The highest BCUT2D eigenvalue weighted by atomic mass is 16.5. The fraction of sp³-hybridized carbons (Fsp3) is 0.455. The van der Waals surface area contributed by atoms with Crippen LogP contribution in [0.4, 0.5) is 5.69 Å². The molecule has 15 heavy (non-hydrogen) atoms. The van der Waals surface area contributed by atoms with Gasteiger partial charge in [0.25, 0.3) is 0 Å². The molecule has 1 N–H and O–H groups in total.